The van der Waals surface area contributed by atoms with Crippen molar-refractivity contribution in [2.45, 2.75) is 18.6 Å². The number of ether oxygens (including phenoxy) is 1. The maximum atomic E-state index is 6.13. The van der Waals surface area contributed by atoms with Gasteiger partial charge in [0.15, 0.2) is 0 Å². The van der Waals surface area contributed by atoms with Crippen LogP contribution in [-0.2, 0) is 0 Å². The van der Waals surface area contributed by atoms with Gasteiger partial charge in [-0.2, -0.15) is 0 Å². The maximum absolute atomic E-state index is 6.13. The Hall–Kier alpha value is -1.03. The molecule has 2 aromatic rings. The number of rotatable bonds is 2. The van der Waals surface area contributed by atoms with Crippen molar-refractivity contribution in [2.24, 2.45) is 0 Å². The van der Waals surface area contributed by atoms with Gasteiger partial charge in [-0.15, -0.1) is 0 Å². The molecule has 0 fully saturated rings. The minimum absolute atomic E-state index is 0.0641. The van der Waals surface area contributed by atoms with Crippen molar-refractivity contribution in [3.63, 3.8) is 0 Å². The number of nitrogens with one attached hydrogen (secondary N) is 1. The van der Waals surface area contributed by atoms with Crippen LogP contribution >= 0.6 is 27.5 Å². The third-order valence-corrected chi connectivity index (χ3v) is 4.42. The van der Waals surface area contributed by atoms with Crippen LogP contribution in [0.25, 0.3) is 0 Å². The van der Waals surface area contributed by atoms with Crippen LogP contribution in [0, 0.1) is 0 Å². The molecule has 2 nitrogen and oxygen atoms in total. The molecule has 0 saturated heterocycles. The molecule has 0 saturated carbocycles. The van der Waals surface area contributed by atoms with Crippen LogP contribution in [0.2, 0.25) is 5.02 Å². The summed E-state index contributed by atoms with van der Waals surface area (Å²) in [6.45, 7) is 0. The monoisotopic (exact) mass is 351 g/mol. The van der Waals surface area contributed by atoms with Crippen LogP contribution in [0.1, 0.15) is 29.7 Å². The van der Waals surface area contributed by atoms with Crippen LogP contribution in [0.3, 0.4) is 0 Å². The molecule has 1 N–H and O–H groups in total. The van der Waals surface area contributed by atoms with Gasteiger partial charge in [-0.25, -0.2) is 0 Å². The van der Waals surface area contributed by atoms with Gasteiger partial charge in [-0.1, -0.05) is 39.7 Å². The molecule has 0 radical (unpaired) electrons. The molecule has 4 heteroatoms. The quantitative estimate of drug-likeness (QED) is 0.831. The first-order chi connectivity index (χ1) is 9.67. The molecule has 0 spiro atoms. The molecule has 0 aliphatic carbocycles. The van der Waals surface area contributed by atoms with Gasteiger partial charge in [0.1, 0.15) is 11.9 Å². The standard InChI is InChI=1S/C16H15BrClNO/c1-19-14-9-16(10-2-4-11(17)5-3-10)20-15-7-6-12(18)8-13(14)15/h2-8,14,16,19H,9H2,1H3. The Labute approximate surface area is 132 Å². The number of fused-ring (bicyclic) bond motifs is 1. The smallest absolute Gasteiger partial charge is 0.126 e. The summed E-state index contributed by atoms with van der Waals surface area (Å²) in [5, 5.41) is 4.10. The SMILES string of the molecule is CNC1CC(c2ccc(Br)cc2)Oc2ccc(Cl)cc21. The molecule has 0 bridgehead atoms. The van der Waals surface area contributed by atoms with Gasteiger partial charge in [0.25, 0.3) is 0 Å². The highest BCUT2D eigenvalue weighted by atomic mass is 79.9. The highest BCUT2D eigenvalue weighted by Gasteiger charge is 2.28. The van der Waals surface area contributed by atoms with Crippen LogP contribution in [0.4, 0.5) is 0 Å². The van der Waals surface area contributed by atoms with Crippen molar-refractivity contribution in [2.75, 3.05) is 7.05 Å². The molecule has 1 aliphatic rings. The van der Waals surface area contributed by atoms with Crippen molar-refractivity contribution < 1.29 is 4.74 Å². The molecule has 104 valence electrons. The lowest BCUT2D eigenvalue weighted by Crippen LogP contribution is -2.26. The number of benzene rings is 2. The maximum Gasteiger partial charge on any atom is 0.126 e. The van der Waals surface area contributed by atoms with E-state index in [0.29, 0.717) is 0 Å². The average Bonchev–Trinajstić information content (AvgIpc) is 2.47. The third-order valence-electron chi connectivity index (χ3n) is 3.66. The van der Waals surface area contributed by atoms with Crippen molar-refractivity contribution >= 4 is 27.5 Å². The van der Waals surface area contributed by atoms with E-state index < -0.39 is 0 Å². The predicted octanol–water partition coefficient (Wildman–Crippen LogP) is 4.89. The molecule has 0 amide bonds. The summed E-state index contributed by atoms with van der Waals surface area (Å²) in [5.41, 5.74) is 2.32. The van der Waals surface area contributed by atoms with Gasteiger partial charge in [0.2, 0.25) is 0 Å². The van der Waals surface area contributed by atoms with E-state index in [0.717, 1.165) is 27.2 Å². The second kappa shape index (κ2) is 5.76. The molecule has 2 atom stereocenters. The van der Waals surface area contributed by atoms with Crippen molar-refractivity contribution in [1.29, 1.82) is 0 Å². The van der Waals surface area contributed by atoms with Gasteiger partial charge in [-0.3, -0.25) is 0 Å². The first kappa shape index (κ1) is 13.9. The lowest BCUT2D eigenvalue weighted by molar-refractivity contribution is 0.154. The fraction of sp³-hybridized carbons (Fsp3) is 0.250. The third kappa shape index (κ3) is 2.71. The minimum atomic E-state index is 0.0641. The van der Waals surface area contributed by atoms with Gasteiger partial charge in [0.05, 0.1) is 0 Å². The largest absolute Gasteiger partial charge is 0.485 e. The molecule has 2 aromatic carbocycles. The molecule has 3 rings (SSSR count). The Morgan fingerprint density at radius 2 is 1.95 bits per heavy atom. The average molecular weight is 353 g/mol. The molecule has 2 unspecified atom stereocenters. The second-order valence-corrected chi connectivity index (χ2v) is 6.27. The number of hydrogen-bond acceptors (Lipinski definition) is 2. The minimum Gasteiger partial charge on any atom is -0.485 e. The topological polar surface area (TPSA) is 21.3 Å². The molecular formula is C16H15BrClNO. The fourth-order valence-electron chi connectivity index (χ4n) is 2.60. The Kier molecular flexibility index (Phi) is 4.01. The zero-order chi connectivity index (χ0) is 14.1. The summed E-state index contributed by atoms with van der Waals surface area (Å²) in [4.78, 5) is 0. The van der Waals surface area contributed by atoms with Gasteiger partial charge >= 0.3 is 0 Å². The van der Waals surface area contributed by atoms with Crippen molar-refractivity contribution in [3.05, 3.63) is 63.1 Å². The number of halogens is 2. The van der Waals surface area contributed by atoms with Crippen LogP contribution in [-0.4, -0.2) is 7.05 Å². The Morgan fingerprint density at radius 3 is 2.65 bits per heavy atom. The van der Waals surface area contributed by atoms with Crippen molar-refractivity contribution in [1.82, 2.24) is 5.32 Å². The van der Waals surface area contributed by atoms with E-state index in [1.165, 1.54) is 5.56 Å². The summed E-state index contributed by atoms with van der Waals surface area (Å²) >= 11 is 9.54. The van der Waals surface area contributed by atoms with E-state index >= 15 is 0 Å². The lowest BCUT2D eigenvalue weighted by atomic mass is 9.93. The molecule has 0 aromatic heterocycles. The van der Waals surface area contributed by atoms with E-state index in [-0.39, 0.29) is 12.1 Å². The molecule has 20 heavy (non-hydrogen) atoms. The zero-order valence-electron chi connectivity index (χ0n) is 11.1. The summed E-state index contributed by atoms with van der Waals surface area (Å²) in [6.07, 6.45) is 0.958. The van der Waals surface area contributed by atoms with Gasteiger partial charge < -0.3 is 10.1 Å². The fourth-order valence-corrected chi connectivity index (χ4v) is 3.04. The molecule has 1 heterocycles. The Morgan fingerprint density at radius 1 is 1.20 bits per heavy atom. The Balaban J connectivity index is 1.94. The summed E-state index contributed by atoms with van der Waals surface area (Å²) in [7, 11) is 1.97. The van der Waals surface area contributed by atoms with E-state index in [1.807, 2.05) is 37.4 Å². The van der Waals surface area contributed by atoms with Crippen LogP contribution in [0.5, 0.6) is 5.75 Å². The second-order valence-electron chi connectivity index (χ2n) is 4.92. The van der Waals surface area contributed by atoms with Crippen molar-refractivity contribution in [3.8, 4) is 5.75 Å². The molecule has 1 aliphatic heterocycles. The first-order valence-electron chi connectivity index (χ1n) is 6.56. The normalized spacial score (nSPS) is 21.1. The summed E-state index contributed by atoms with van der Waals surface area (Å²) in [6, 6.07) is 14.4. The van der Waals surface area contributed by atoms with Gasteiger partial charge in [0, 0.05) is 27.5 Å². The Bertz CT molecular complexity index is 614. The number of hydrogen-bond donors (Lipinski definition) is 1. The zero-order valence-corrected chi connectivity index (χ0v) is 13.4. The van der Waals surface area contributed by atoms with Gasteiger partial charge in [-0.05, 0) is 42.9 Å². The van der Waals surface area contributed by atoms with Crippen LogP contribution < -0.4 is 10.1 Å². The van der Waals surface area contributed by atoms with E-state index in [4.69, 9.17) is 16.3 Å². The van der Waals surface area contributed by atoms with E-state index in [9.17, 15) is 0 Å². The lowest BCUT2D eigenvalue weighted by Gasteiger charge is -2.32. The van der Waals surface area contributed by atoms with E-state index in [1.54, 1.807) is 0 Å². The highest BCUT2D eigenvalue weighted by molar-refractivity contribution is 9.10. The van der Waals surface area contributed by atoms with E-state index in [2.05, 4.69) is 33.4 Å². The first-order valence-corrected chi connectivity index (χ1v) is 7.73. The summed E-state index contributed by atoms with van der Waals surface area (Å²) < 4.78 is 7.21. The highest BCUT2D eigenvalue weighted by Crippen LogP contribution is 2.41. The predicted molar refractivity (Wildman–Crippen MR) is 85.4 cm³/mol. The molecular weight excluding hydrogens is 338 g/mol. The summed E-state index contributed by atoms with van der Waals surface area (Å²) in [5.74, 6) is 0.910. The van der Waals surface area contributed by atoms with Crippen LogP contribution in [0.15, 0.2) is 46.9 Å².